The minimum atomic E-state index is -1.07. The summed E-state index contributed by atoms with van der Waals surface area (Å²) in [6.45, 7) is 3.81. The molecule has 140 valence electrons. The number of hydrogen-bond donors (Lipinski definition) is 3. The fourth-order valence-electron chi connectivity index (χ4n) is 2.68. The fourth-order valence-corrected chi connectivity index (χ4v) is 3.52. The number of nitrogens with zero attached hydrogens (tertiary/aromatic N) is 1. The number of benzene rings is 1. The first-order chi connectivity index (χ1) is 12.3. The van der Waals surface area contributed by atoms with E-state index < -0.39 is 24.0 Å². The number of aliphatic carboxylic acids is 2. The van der Waals surface area contributed by atoms with Gasteiger partial charge in [0.1, 0.15) is 12.1 Å². The molecule has 0 fully saturated rings. The first-order valence-corrected chi connectivity index (χ1v) is 9.42. The van der Waals surface area contributed by atoms with E-state index in [1.807, 2.05) is 49.6 Å². The Morgan fingerprint density at radius 3 is 2.35 bits per heavy atom. The zero-order valence-electron chi connectivity index (χ0n) is 14.9. The highest BCUT2D eigenvalue weighted by Crippen LogP contribution is 2.16. The van der Waals surface area contributed by atoms with E-state index in [1.54, 1.807) is 0 Å². The van der Waals surface area contributed by atoms with Gasteiger partial charge in [0.15, 0.2) is 0 Å². The van der Waals surface area contributed by atoms with Crippen molar-refractivity contribution in [2.24, 2.45) is 5.92 Å². The van der Waals surface area contributed by atoms with Gasteiger partial charge in [-0.15, -0.1) is 11.3 Å². The number of nitrogens with one attached hydrogen (secondary N) is 1. The van der Waals surface area contributed by atoms with Crippen molar-refractivity contribution >= 4 is 23.3 Å². The number of carboxylic acids is 2. The van der Waals surface area contributed by atoms with Crippen molar-refractivity contribution in [3.8, 4) is 0 Å². The van der Waals surface area contributed by atoms with E-state index in [-0.39, 0.29) is 12.3 Å². The van der Waals surface area contributed by atoms with Crippen LogP contribution in [0.15, 0.2) is 35.7 Å². The minimum Gasteiger partial charge on any atom is -0.480 e. The summed E-state index contributed by atoms with van der Waals surface area (Å²) in [5.41, 5.74) is 1.80. The lowest BCUT2D eigenvalue weighted by Crippen LogP contribution is -2.48. The van der Waals surface area contributed by atoms with Gasteiger partial charge < -0.3 is 10.2 Å². The van der Waals surface area contributed by atoms with Gasteiger partial charge in [-0.05, 0) is 17.9 Å². The Morgan fingerprint density at radius 1 is 1.12 bits per heavy atom. The number of carboxylic acid groups (broad SMARTS) is 2. The van der Waals surface area contributed by atoms with Gasteiger partial charge in [-0.1, -0.05) is 44.2 Å². The van der Waals surface area contributed by atoms with Crippen LogP contribution in [0, 0.1) is 5.92 Å². The summed E-state index contributed by atoms with van der Waals surface area (Å²) in [6, 6.07) is 8.05. The molecule has 0 aliphatic carbocycles. The highest BCUT2D eigenvalue weighted by atomic mass is 32.1. The molecule has 0 amide bonds. The number of thiazole rings is 1. The quantitative estimate of drug-likeness (QED) is 0.590. The monoisotopic (exact) mass is 376 g/mol. The Morgan fingerprint density at radius 2 is 1.77 bits per heavy atom. The second kappa shape index (κ2) is 9.45. The molecule has 0 saturated carbocycles. The molecule has 0 aliphatic rings. The predicted octanol–water partition coefficient (Wildman–Crippen LogP) is 2.82. The topological polar surface area (TPSA) is 99.5 Å². The van der Waals surface area contributed by atoms with Gasteiger partial charge in [0.05, 0.1) is 10.7 Å². The van der Waals surface area contributed by atoms with Crippen LogP contribution in [0.5, 0.6) is 0 Å². The molecule has 0 bridgehead atoms. The number of carbonyl (C=O) groups is 2. The molecule has 1 heterocycles. The molecule has 0 spiro atoms. The highest BCUT2D eigenvalue weighted by Gasteiger charge is 2.27. The van der Waals surface area contributed by atoms with Crippen molar-refractivity contribution in [1.82, 2.24) is 10.3 Å². The van der Waals surface area contributed by atoms with Crippen LogP contribution in [-0.2, 0) is 22.4 Å². The highest BCUT2D eigenvalue weighted by molar-refractivity contribution is 7.09. The Bertz CT molecular complexity index is 730. The van der Waals surface area contributed by atoms with E-state index in [9.17, 15) is 19.8 Å². The molecule has 1 aromatic carbocycles. The summed E-state index contributed by atoms with van der Waals surface area (Å²) in [5, 5.41) is 24.3. The molecule has 7 heteroatoms. The maximum absolute atomic E-state index is 11.6. The summed E-state index contributed by atoms with van der Waals surface area (Å²) in [6.07, 6.45) is 1.22. The van der Waals surface area contributed by atoms with Crippen LogP contribution >= 0.6 is 11.3 Å². The summed E-state index contributed by atoms with van der Waals surface area (Å²) in [7, 11) is 0. The van der Waals surface area contributed by atoms with Gasteiger partial charge in [-0.3, -0.25) is 14.9 Å². The molecule has 2 rings (SSSR count). The van der Waals surface area contributed by atoms with E-state index in [0.717, 1.165) is 10.6 Å². The first kappa shape index (κ1) is 20.1. The van der Waals surface area contributed by atoms with Crippen LogP contribution in [0.25, 0.3) is 0 Å². The van der Waals surface area contributed by atoms with Crippen molar-refractivity contribution in [2.45, 2.75) is 45.2 Å². The second-order valence-corrected chi connectivity index (χ2v) is 7.62. The van der Waals surface area contributed by atoms with E-state index in [1.165, 1.54) is 11.3 Å². The summed E-state index contributed by atoms with van der Waals surface area (Å²) in [5.74, 6) is -1.96. The molecular formula is C19H24N2O4S. The Hall–Kier alpha value is -2.25. The Balaban J connectivity index is 2.03. The van der Waals surface area contributed by atoms with E-state index in [2.05, 4.69) is 10.3 Å². The normalized spacial score (nSPS) is 13.5. The lowest BCUT2D eigenvalue weighted by Gasteiger charge is -2.21. The lowest BCUT2D eigenvalue weighted by molar-refractivity contribution is -0.142. The number of aromatic nitrogens is 1. The van der Waals surface area contributed by atoms with Crippen LogP contribution in [0.1, 0.15) is 36.5 Å². The zero-order chi connectivity index (χ0) is 19.1. The van der Waals surface area contributed by atoms with Crippen molar-refractivity contribution < 1.29 is 19.8 Å². The van der Waals surface area contributed by atoms with Gasteiger partial charge in [0.2, 0.25) is 0 Å². The second-order valence-electron chi connectivity index (χ2n) is 6.68. The van der Waals surface area contributed by atoms with Crippen molar-refractivity contribution in [3.05, 3.63) is 52.0 Å². The average Bonchev–Trinajstić information content (AvgIpc) is 3.00. The molecule has 6 nitrogen and oxygen atoms in total. The molecule has 1 unspecified atom stereocenters. The number of hydrogen-bond acceptors (Lipinski definition) is 5. The third-order valence-corrected chi connectivity index (χ3v) is 4.81. The standard InChI is InChI=1S/C19H24N2O4S/c1-12(2)8-15(18(22)23)21-16(19(24)25)10-14-11-26-17(20-14)9-13-6-4-3-5-7-13/h3-7,11-12,15-16,21H,8-10H2,1-2H3,(H,22,23)(H,24,25)/t15?,16-/m0/s1. The van der Waals surface area contributed by atoms with Crippen LogP contribution in [0.2, 0.25) is 0 Å². The van der Waals surface area contributed by atoms with Gasteiger partial charge in [-0.25, -0.2) is 4.98 Å². The molecule has 0 radical (unpaired) electrons. The fraction of sp³-hybridized carbons (Fsp3) is 0.421. The van der Waals surface area contributed by atoms with Gasteiger partial charge in [-0.2, -0.15) is 0 Å². The maximum atomic E-state index is 11.6. The summed E-state index contributed by atoms with van der Waals surface area (Å²) < 4.78 is 0. The average molecular weight is 376 g/mol. The first-order valence-electron chi connectivity index (χ1n) is 8.54. The third-order valence-electron chi connectivity index (χ3n) is 3.92. The molecule has 2 aromatic rings. The Kier molecular flexibility index (Phi) is 7.29. The summed E-state index contributed by atoms with van der Waals surface area (Å²) in [4.78, 5) is 27.5. The van der Waals surface area contributed by atoms with Gasteiger partial charge in [0.25, 0.3) is 0 Å². The third kappa shape index (κ3) is 6.24. The van der Waals surface area contributed by atoms with Crippen molar-refractivity contribution in [3.63, 3.8) is 0 Å². The van der Waals surface area contributed by atoms with Gasteiger partial charge >= 0.3 is 11.9 Å². The van der Waals surface area contributed by atoms with E-state index >= 15 is 0 Å². The number of rotatable bonds is 10. The predicted molar refractivity (Wildman–Crippen MR) is 101 cm³/mol. The van der Waals surface area contributed by atoms with Crippen LogP contribution < -0.4 is 5.32 Å². The van der Waals surface area contributed by atoms with Crippen LogP contribution in [0.4, 0.5) is 0 Å². The summed E-state index contributed by atoms with van der Waals surface area (Å²) >= 11 is 1.49. The smallest absolute Gasteiger partial charge is 0.321 e. The van der Waals surface area contributed by atoms with Crippen molar-refractivity contribution in [1.29, 1.82) is 0 Å². The molecule has 0 aliphatic heterocycles. The maximum Gasteiger partial charge on any atom is 0.321 e. The molecule has 0 saturated heterocycles. The minimum absolute atomic E-state index is 0.148. The largest absolute Gasteiger partial charge is 0.480 e. The molecule has 1 aromatic heterocycles. The van der Waals surface area contributed by atoms with Crippen molar-refractivity contribution in [2.75, 3.05) is 0 Å². The SMILES string of the molecule is CC(C)CC(N[C@@H](Cc1csc(Cc2ccccc2)n1)C(=O)O)C(=O)O. The van der Waals surface area contributed by atoms with Gasteiger partial charge in [0, 0.05) is 18.2 Å². The van der Waals surface area contributed by atoms with Crippen LogP contribution in [0.3, 0.4) is 0 Å². The Labute approximate surface area is 156 Å². The van der Waals surface area contributed by atoms with E-state index in [0.29, 0.717) is 18.5 Å². The molecule has 3 N–H and O–H groups in total. The lowest BCUT2D eigenvalue weighted by atomic mass is 10.0. The molecular weight excluding hydrogens is 352 g/mol. The van der Waals surface area contributed by atoms with E-state index in [4.69, 9.17) is 0 Å². The van der Waals surface area contributed by atoms with Crippen LogP contribution in [-0.4, -0.2) is 39.2 Å². The molecule has 26 heavy (non-hydrogen) atoms. The zero-order valence-corrected chi connectivity index (χ0v) is 15.7. The molecule has 2 atom stereocenters.